The van der Waals surface area contributed by atoms with Crippen molar-refractivity contribution in [2.75, 3.05) is 65.1 Å². The number of halogens is 1. The first-order valence-corrected chi connectivity index (χ1v) is 17.3. The van der Waals surface area contributed by atoms with Gasteiger partial charge in [-0.05, 0) is 88.0 Å². The number of nitrogen functional groups attached to an aromatic ring is 1. The Labute approximate surface area is 276 Å². The van der Waals surface area contributed by atoms with Gasteiger partial charge in [0.15, 0.2) is 0 Å². The van der Waals surface area contributed by atoms with Crippen LogP contribution in [0, 0.1) is 5.92 Å². The lowest BCUT2D eigenvalue weighted by atomic mass is 9.91. The minimum Gasteiger partial charge on any atom is -0.397 e. The van der Waals surface area contributed by atoms with E-state index in [4.69, 9.17) is 17.3 Å². The average Bonchev–Trinajstić information content (AvgIpc) is 3.41. The summed E-state index contributed by atoms with van der Waals surface area (Å²) in [4.78, 5) is 52.5. The summed E-state index contributed by atoms with van der Waals surface area (Å²) in [5.74, 6) is -0.450. The van der Waals surface area contributed by atoms with Crippen LogP contribution in [0.3, 0.4) is 0 Å². The largest absolute Gasteiger partial charge is 0.397 e. The zero-order valence-corrected chi connectivity index (χ0v) is 28.0. The Balaban J connectivity index is 1.13. The fourth-order valence-corrected chi connectivity index (χ4v) is 8.02. The molecule has 3 fully saturated rings. The Morgan fingerprint density at radius 2 is 1.61 bits per heavy atom. The molecule has 3 aromatic rings. The van der Waals surface area contributed by atoms with Gasteiger partial charge in [-0.3, -0.25) is 19.1 Å². The van der Waals surface area contributed by atoms with Crippen molar-refractivity contribution in [2.24, 2.45) is 5.92 Å². The maximum Gasteiger partial charge on any atom is 0.326 e. The molecule has 6 rings (SSSR count). The fraction of sp³-hybridized carbons (Fsp3) is 0.571. The Bertz CT molecular complexity index is 1600. The van der Waals surface area contributed by atoms with Crippen LogP contribution in [0.25, 0.3) is 11.0 Å². The van der Waals surface area contributed by atoms with Crippen molar-refractivity contribution in [3.05, 3.63) is 63.0 Å². The van der Waals surface area contributed by atoms with Gasteiger partial charge >= 0.3 is 5.69 Å². The van der Waals surface area contributed by atoms with E-state index in [1.54, 1.807) is 0 Å². The van der Waals surface area contributed by atoms with E-state index in [2.05, 4.69) is 21.8 Å². The fourth-order valence-electron chi connectivity index (χ4n) is 7.75. The van der Waals surface area contributed by atoms with E-state index in [0.717, 1.165) is 54.8 Å². The number of amides is 2. The molecule has 4 heterocycles. The molecule has 1 atom stereocenters. The number of hydrogen-bond acceptors (Lipinski definition) is 6. The standard InChI is InChI=1S/C35H48ClN7O3/c1-3-25-20-24(22-29(36)33(25)37)21-26(34(45)42-18-16-40(17-19-42)27-8-12-39(2)13-9-27)23-32(44)41-14-10-28(11-15-41)43-31-7-5-4-6-30(31)38-35(43)46/h4-7,20,22,26-28H,3,8-19,21,23,37H2,1-2H3,(H,38,46)/t26-/m0/s1. The highest BCUT2D eigenvalue weighted by Crippen LogP contribution is 2.30. The summed E-state index contributed by atoms with van der Waals surface area (Å²) in [7, 11) is 2.18. The molecule has 11 heteroatoms. The molecule has 3 saturated heterocycles. The molecule has 248 valence electrons. The van der Waals surface area contributed by atoms with Crippen LogP contribution in [-0.2, 0) is 22.4 Å². The van der Waals surface area contributed by atoms with E-state index < -0.39 is 5.92 Å². The summed E-state index contributed by atoms with van der Waals surface area (Å²) < 4.78 is 1.84. The lowest BCUT2D eigenvalue weighted by molar-refractivity contribution is -0.143. The van der Waals surface area contributed by atoms with Crippen molar-refractivity contribution in [3.63, 3.8) is 0 Å². The van der Waals surface area contributed by atoms with Crippen LogP contribution >= 0.6 is 11.6 Å². The van der Waals surface area contributed by atoms with Gasteiger partial charge < -0.3 is 25.4 Å². The number of fused-ring (bicyclic) bond motifs is 1. The maximum atomic E-state index is 14.2. The number of H-pyrrole nitrogens is 1. The molecule has 0 unspecified atom stereocenters. The number of piperidine rings is 2. The van der Waals surface area contributed by atoms with Crippen LogP contribution in [0.15, 0.2) is 41.2 Å². The van der Waals surface area contributed by atoms with E-state index >= 15 is 0 Å². The van der Waals surface area contributed by atoms with Gasteiger partial charge in [0.2, 0.25) is 11.8 Å². The number of nitrogens with one attached hydrogen (secondary N) is 1. The molecule has 3 aliphatic heterocycles. The Kier molecular flexibility index (Phi) is 10.1. The van der Waals surface area contributed by atoms with E-state index in [1.807, 2.05) is 57.7 Å². The number of para-hydroxylation sites is 2. The summed E-state index contributed by atoms with van der Waals surface area (Å²) in [5.41, 5.74) is 10.3. The first-order valence-electron chi connectivity index (χ1n) is 17.0. The topological polar surface area (TPSA) is 111 Å². The summed E-state index contributed by atoms with van der Waals surface area (Å²) in [6, 6.07) is 12.2. The Morgan fingerprint density at radius 3 is 2.30 bits per heavy atom. The molecule has 0 spiro atoms. The third-order valence-corrected chi connectivity index (χ3v) is 10.9. The maximum absolute atomic E-state index is 14.2. The lowest BCUT2D eigenvalue weighted by Gasteiger charge is -2.43. The number of aromatic amines is 1. The number of benzene rings is 2. The first-order chi connectivity index (χ1) is 22.2. The van der Waals surface area contributed by atoms with Crippen molar-refractivity contribution in [2.45, 2.75) is 64.0 Å². The van der Waals surface area contributed by atoms with E-state index in [1.165, 1.54) is 12.8 Å². The number of aromatic nitrogens is 2. The highest BCUT2D eigenvalue weighted by molar-refractivity contribution is 6.33. The number of anilines is 1. The molecule has 2 amide bonds. The number of carbonyl (C=O) groups excluding carboxylic acids is 2. The van der Waals surface area contributed by atoms with E-state index in [-0.39, 0.29) is 30.0 Å². The SMILES string of the molecule is CCc1cc(C[C@@H](CC(=O)N2CCC(n3c(=O)[nH]c4ccccc43)CC2)C(=O)N2CCN(C3CCN(C)CC3)CC2)cc(Cl)c1N. The summed E-state index contributed by atoms with van der Waals surface area (Å²) in [5, 5.41) is 0.494. The van der Waals surface area contributed by atoms with Crippen molar-refractivity contribution in [1.29, 1.82) is 0 Å². The quantitative estimate of drug-likeness (QED) is 0.360. The Hall–Kier alpha value is -3.34. The molecule has 0 aliphatic carbocycles. The number of imidazole rings is 1. The Morgan fingerprint density at radius 1 is 0.935 bits per heavy atom. The van der Waals surface area contributed by atoms with Crippen LogP contribution in [0.4, 0.5) is 5.69 Å². The molecule has 1 aromatic heterocycles. The number of nitrogens with two attached hydrogens (primary N) is 1. The van der Waals surface area contributed by atoms with Crippen LogP contribution in [-0.4, -0.2) is 106 Å². The lowest BCUT2D eigenvalue weighted by Crippen LogP contribution is -2.55. The van der Waals surface area contributed by atoms with E-state index in [9.17, 15) is 14.4 Å². The smallest absolute Gasteiger partial charge is 0.326 e. The molecule has 0 bridgehead atoms. The summed E-state index contributed by atoms with van der Waals surface area (Å²) >= 11 is 6.51. The van der Waals surface area contributed by atoms with Crippen LogP contribution in [0.2, 0.25) is 5.02 Å². The van der Waals surface area contributed by atoms with Gasteiger partial charge in [0.25, 0.3) is 0 Å². The highest BCUT2D eigenvalue weighted by Gasteiger charge is 2.34. The van der Waals surface area contributed by atoms with Gasteiger partial charge in [-0.15, -0.1) is 0 Å². The third-order valence-electron chi connectivity index (χ3n) is 10.5. The number of piperazine rings is 1. The number of rotatable bonds is 8. The molecule has 46 heavy (non-hydrogen) atoms. The van der Waals surface area contributed by atoms with Gasteiger partial charge in [-0.1, -0.05) is 36.7 Å². The third kappa shape index (κ3) is 6.99. The van der Waals surface area contributed by atoms with Crippen molar-refractivity contribution in [1.82, 2.24) is 29.2 Å². The van der Waals surface area contributed by atoms with E-state index in [0.29, 0.717) is 62.2 Å². The first kappa shape index (κ1) is 32.6. The highest BCUT2D eigenvalue weighted by atomic mass is 35.5. The van der Waals surface area contributed by atoms with Gasteiger partial charge in [0.1, 0.15) is 0 Å². The molecule has 10 nitrogen and oxygen atoms in total. The second-order valence-corrected chi connectivity index (χ2v) is 13.8. The zero-order valence-electron chi connectivity index (χ0n) is 27.2. The number of hydrogen-bond donors (Lipinski definition) is 2. The zero-order chi connectivity index (χ0) is 32.4. The van der Waals surface area contributed by atoms with Crippen molar-refractivity contribution >= 4 is 40.1 Å². The molecule has 0 saturated carbocycles. The predicted octanol–water partition coefficient (Wildman–Crippen LogP) is 3.78. The summed E-state index contributed by atoms with van der Waals surface area (Å²) in [6.45, 7) is 8.49. The van der Waals surface area contributed by atoms with Gasteiger partial charge in [0.05, 0.1) is 27.7 Å². The van der Waals surface area contributed by atoms with Crippen LogP contribution in [0.5, 0.6) is 0 Å². The second-order valence-electron chi connectivity index (χ2n) is 13.4. The molecule has 2 aromatic carbocycles. The normalized spacial score (nSPS) is 20.0. The molecular weight excluding hydrogens is 602 g/mol. The van der Waals surface area contributed by atoms with Crippen LogP contribution in [0.1, 0.15) is 56.2 Å². The monoisotopic (exact) mass is 649 g/mol. The predicted molar refractivity (Wildman–Crippen MR) is 183 cm³/mol. The molecule has 0 radical (unpaired) electrons. The number of likely N-dealkylation sites (tertiary alicyclic amines) is 2. The molecule has 3 aliphatic rings. The summed E-state index contributed by atoms with van der Waals surface area (Å²) in [6.07, 6.45) is 5.06. The van der Waals surface area contributed by atoms with Gasteiger partial charge in [-0.2, -0.15) is 0 Å². The average molecular weight is 650 g/mol. The number of carbonyl (C=O) groups is 2. The minimum absolute atomic E-state index is 0.00899. The number of aryl methyl sites for hydroxylation is 1. The van der Waals surface area contributed by atoms with Gasteiger partial charge in [0, 0.05) is 57.8 Å². The minimum atomic E-state index is -0.485. The number of nitrogens with zero attached hydrogens (tertiary/aromatic N) is 5. The second kappa shape index (κ2) is 14.2. The van der Waals surface area contributed by atoms with Crippen molar-refractivity contribution < 1.29 is 9.59 Å². The molecule has 3 N–H and O–H groups in total. The molecular formula is C35H48ClN7O3. The van der Waals surface area contributed by atoms with Gasteiger partial charge in [-0.25, -0.2) is 4.79 Å². The van der Waals surface area contributed by atoms with Crippen LogP contribution < -0.4 is 11.4 Å². The van der Waals surface area contributed by atoms with Crippen molar-refractivity contribution in [3.8, 4) is 0 Å².